The first kappa shape index (κ1) is 28.6. The van der Waals surface area contributed by atoms with Crippen LogP contribution in [0.2, 0.25) is 5.02 Å². The van der Waals surface area contributed by atoms with E-state index in [2.05, 4.69) is 5.32 Å². The Morgan fingerprint density at radius 3 is 2.49 bits per heavy atom. The maximum Gasteiger partial charge on any atom is 0.252 e. The van der Waals surface area contributed by atoms with Crippen LogP contribution in [-0.2, 0) is 9.53 Å². The fourth-order valence-electron chi connectivity index (χ4n) is 3.93. The Kier molecular flexibility index (Phi) is 9.34. The van der Waals surface area contributed by atoms with Crippen LogP contribution in [0.15, 0.2) is 46.7 Å². The van der Waals surface area contributed by atoms with Crippen molar-refractivity contribution < 1.29 is 19.1 Å². The number of nitrogens with zero attached hydrogens (tertiary/aromatic N) is 1. The molecule has 2 aromatic heterocycles. The van der Waals surface area contributed by atoms with E-state index in [1.54, 1.807) is 25.1 Å². The molecule has 1 N–H and O–H groups in total. The number of hydrogen-bond donors (Lipinski definition) is 1. The van der Waals surface area contributed by atoms with Crippen LogP contribution >= 0.6 is 22.9 Å². The number of aryl methyl sites for hydroxylation is 1. The Morgan fingerprint density at radius 1 is 1.16 bits per heavy atom. The number of benzene rings is 1. The minimum Gasteiger partial charge on any atom is -0.495 e. The molecule has 7 nitrogen and oxygen atoms in total. The standard InChI is InChI=1S/C28H33ClN2O5S/c1-7-24(32)20-9-8-18(29)13-21(20)22-14-26(33)31(15-25(22)35-6)23(10-11-36-28(3,4)5)27(34)30-19-12-17(2)37-16-19/h8-9,12-16,23H,7,10-11H2,1-6H3,(H,30,34). The van der Waals surface area contributed by atoms with Crippen LogP contribution in [0.25, 0.3) is 11.1 Å². The molecule has 0 aliphatic carbocycles. The van der Waals surface area contributed by atoms with Gasteiger partial charge in [-0.3, -0.25) is 19.0 Å². The number of thiophene rings is 1. The fourth-order valence-corrected chi connectivity index (χ4v) is 4.73. The molecule has 1 aromatic carbocycles. The van der Waals surface area contributed by atoms with Crippen LogP contribution < -0.4 is 15.6 Å². The van der Waals surface area contributed by atoms with E-state index in [9.17, 15) is 14.4 Å². The molecule has 198 valence electrons. The number of ketones is 1. The normalized spacial score (nSPS) is 12.3. The number of halogens is 1. The van der Waals surface area contributed by atoms with E-state index in [1.807, 2.05) is 39.1 Å². The van der Waals surface area contributed by atoms with Crippen molar-refractivity contribution in [3.63, 3.8) is 0 Å². The maximum atomic E-state index is 13.5. The third-order valence-corrected chi connectivity index (χ3v) is 6.82. The summed E-state index contributed by atoms with van der Waals surface area (Å²) in [7, 11) is 1.48. The SMILES string of the molecule is CCC(=O)c1ccc(Cl)cc1-c1cc(=O)n(C(CCOC(C)(C)C)C(=O)Nc2csc(C)c2)cc1OC. The lowest BCUT2D eigenvalue weighted by molar-refractivity contribution is -0.120. The lowest BCUT2D eigenvalue weighted by Crippen LogP contribution is -2.34. The Balaban J connectivity index is 2.08. The highest BCUT2D eigenvalue weighted by atomic mass is 35.5. The molecule has 3 rings (SSSR count). The number of anilines is 1. The lowest BCUT2D eigenvalue weighted by atomic mass is 9.96. The van der Waals surface area contributed by atoms with Gasteiger partial charge in [0.05, 0.1) is 24.6 Å². The number of carbonyl (C=O) groups excluding carboxylic acids is 2. The van der Waals surface area contributed by atoms with E-state index in [-0.39, 0.29) is 24.7 Å². The first-order valence-electron chi connectivity index (χ1n) is 12.1. The number of ether oxygens (including phenoxy) is 2. The van der Waals surface area contributed by atoms with Gasteiger partial charge >= 0.3 is 0 Å². The predicted octanol–water partition coefficient (Wildman–Crippen LogP) is 6.52. The van der Waals surface area contributed by atoms with Gasteiger partial charge in [-0.25, -0.2) is 0 Å². The van der Waals surface area contributed by atoms with Crippen molar-refractivity contribution in [1.82, 2.24) is 4.57 Å². The average Bonchev–Trinajstić information content (AvgIpc) is 3.25. The summed E-state index contributed by atoms with van der Waals surface area (Å²) in [6.45, 7) is 9.79. The molecular formula is C28H33ClN2O5S. The zero-order valence-electron chi connectivity index (χ0n) is 22.0. The van der Waals surface area contributed by atoms with E-state index < -0.39 is 17.2 Å². The summed E-state index contributed by atoms with van der Waals surface area (Å²) in [4.78, 5) is 40.5. The van der Waals surface area contributed by atoms with E-state index in [1.165, 1.54) is 35.3 Å². The minimum absolute atomic E-state index is 0.0828. The van der Waals surface area contributed by atoms with Gasteiger partial charge in [-0.15, -0.1) is 11.3 Å². The Hall–Kier alpha value is -2.94. The highest BCUT2D eigenvalue weighted by Crippen LogP contribution is 2.34. The number of methoxy groups -OCH3 is 1. The molecule has 0 bridgehead atoms. The largest absolute Gasteiger partial charge is 0.495 e. The summed E-state index contributed by atoms with van der Waals surface area (Å²) in [6, 6.07) is 7.35. The Morgan fingerprint density at radius 2 is 1.89 bits per heavy atom. The summed E-state index contributed by atoms with van der Waals surface area (Å²) in [5, 5.41) is 5.19. The predicted molar refractivity (Wildman–Crippen MR) is 149 cm³/mol. The molecule has 3 aromatic rings. The van der Waals surface area contributed by atoms with Gasteiger partial charge in [0, 0.05) is 51.9 Å². The van der Waals surface area contributed by atoms with Crippen LogP contribution in [-0.4, -0.2) is 35.6 Å². The van der Waals surface area contributed by atoms with Gasteiger partial charge in [-0.2, -0.15) is 0 Å². The van der Waals surface area contributed by atoms with Gasteiger partial charge in [0.25, 0.3) is 5.56 Å². The van der Waals surface area contributed by atoms with E-state index >= 15 is 0 Å². The first-order valence-corrected chi connectivity index (χ1v) is 13.3. The third-order valence-electron chi connectivity index (χ3n) is 5.72. The summed E-state index contributed by atoms with van der Waals surface area (Å²) < 4.78 is 12.9. The van der Waals surface area contributed by atoms with Crippen molar-refractivity contribution in [2.24, 2.45) is 0 Å². The smallest absolute Gasteiger partial charge is 0.252 e. The second kappa shape index (κ2) is 12.1. The molecule has 0 spiro atoms. The summed E-state index contributed by atoms with van der Waals surface area (Å²) in [5.74, 6) is -0.0784. The highest BCUT2D eigenvalue weighted by Gasteiger charge is 2.26. The average molecular weight is 545 g/mol. The number of aromatic nitrogens is 1. The molecule has 0 aliphatic heterocycles. The summed E-state index contributed by atoms with van der Waals surface area (Å²) >= 11 is 7.77. The number of amides is 1. The van der Waals surface area contributed by atoms with Gasteiger partial charge in [-0.05, 0) is 57.5 Å². The van der Waals surface area contributed by atoms with Crippen molar-refractivity contribution in [1.29, 1.82) is 0 Å². The van der Waals surface area contributed by atoms with Gasteiger partial charge < -0.3 is 14.8 Å². The van der Waals surface area contributed by atoms with Crippen LogP contribution in [0.3, 0.4) is 0 Å². The summed E-state index contributed by atoms with van der Waals surface area (Å²) in [5.41, 5.74) is 1.25. The molecule has 2 heterocycles. The number of carbonyl (C=O) groups is 2. The molecular weight excluding hydrogens is 512 g/mol. The zero-order chi connectivity index (χ0) is 27.3. The Labute approximate surface area is 226 Å². The lowest BCUT2D eigenvalue weighted by Gasteiger charge is -2.24. The van der Waals surface area contributed by atoms with E-state index in [0.717, 1.165) is 4.88 Å². The molecule has 0 saturated carbocycles. The molecule has 0 fully saturated rings. The van der Waals surface area contributed by atoms with Gasteiger partial charge in [0.2, 0.25) is 5.91 Å². The molecule has 0 aliphatic rings. The van der Waals surface area contributed by atoms with Gasteiger partial charge in [0.1, 0.15) is 11.8 Å². The topological polar surface area (TPSA) is 86.6 Å². The second-order valence-electron chi connectivity index (χ2n) is 9.67. The van der Waals surface area contributed by atoms with Crippen LogP contribution in [0.4, 0.5) is 5.69 Å². The number of hydrogen-bond acceptors (Lipinski definition) is 6. The highest BCUT2D eigenvalue weighted by molar-refractivity contribution is 7.10. The molecule has 1 unspecified atom stereocenters. The molecule has 9 heteroatoms. The van der Waals surface area contributed by atoms with Gasteiger partial charge in [-0.1, -0.05) is 18.5 Å². The molecule has 0 saturated heterocycles. The quantitative estimate of drug-likeness (QED) is 0.293. The van der Waals surface area contributed by atoms with Crippen LogP contribution in [0.1, 0.15) is 61.8 Å². The minimum atomic E-state index is -0.853. The fraction of sp³-hybridized carbons (Fsp3) is 0.393. The van der Waals surface area contributed by atoms with Crippen molar-refractivity contribution in [2.45, 2.75) is 59.1 Å². The van der Waals surface area contributed by atoms with E-state index in [4.69, 9.17) is 21.1 Å². The van der Waals surface area contributed by atoms with Crippen molar-refractivity contribution in [2.75, 3.05) is 19.0 Å². The van der Waals surface area contributed by atoms with Crippen LogP contribution in [0.5, 0.6) is 5.75 Å². The first-order chi connectivity index (χ1) is 17.4. The number of pyridine rings is 1. The van der Waals surface area contributed by atoms with Gasteiger partial charge in [0.15, 0.2) is 5.78 Å². The number of rotatable bonds is 10. The van der Waals surface area contributed by atoms with Crippen molar-refractivity contribution >= 4 is 40.3 Å². The molecule has 0 radical (unpaired) electrons. The summed E-state index contributed by atoms with van der Waals surface area (Å²) in [6.07, 6.45) is 2.08. The second-order valence-corrected chi connectivity index (χ2v) is 11.2. The van der Waals surface area contributed by atoms with E-state index in [0.29, 0.717) is 39.6 Å². The molecule has 1 amide bonds. The third kappa shape index (κ3) is 7.31. The van der Waals surface area contributed by atoms with Crippen molar-refractivity contribution in [3.05, 3.63) is 67.7 Å². The van der Waals surface area contributed by atoms with Crippen molar-refractivity contribution in [3.8, 4) is 16.9 Å². The number of nitrogens with one attached hydrogen (secondary N) is 1. The molecule has 1 atom stereocenters. The number of Topliss-reactive ketones (excluding diaryl/α,β-unsaturated/α-hetero) is 1. The Bertz CT molecular complexity index is 1340. The van der Waals surface area contributed by atoms with Crippen LogP contribution in [0, 0.1) is 6.92 Å². The maximum absolute atomic E-state index is 13.5. The molecule has 37 heavy (non-hydrogen) atoms. The monoisotopic (exact) mass is 544 g/mol. The zero-order valence-corrected chi connectivity index (χ0v) is 23.6.